The van der Waals surface area contributed by atoms with Crippen molar-refractivity contribution in [2.45, 2.75) is 98.0 Å². The lowest BCUT2D eigenvalue weighted by Gasteiger charge is -2.73. The van der Waals surface area contributed by atoms with E-state index in [-0.39, 0.29) is 40.3 Å². The summed E-state index contributed by atoms with van der Waals surface area (Å²) in [6, 6.07) is 0. The van der Waals surface area contributed by atoms with Crippen LogP contribution in [0.4, 0.5) is 0 Å². The molecule has 5 saturated carbocycles. The van der Waals surface area contributed by atoms with E-state index in [1.807, 2.05) is 7.11 Å². The zero-order valence-corrected chi connectivity index (χ0v) is 23.1. The lowest BCUT2D eigenvalue weighted by atomic mass is 9.32. The molecule has 0 aliphatic heterocycles. The summed E-state index contributed by atoms with van der Waals surface area (Å²) in [5, 5.41) is 31.5. The number of ether oxygens (including phenoxy) is 1. The van der Waals surface area contributed by atoms with Crippen molar-refractivity contribution in [1.82, 2.24) is 0 Å². The minimum Gasteiger partial charge on any atom is -0.396 e. The van der Waals surface area contributed by atoms with Gasteiger partial charge in [0.05, 0.1) is 25.9 Å². The van der Waals surface area contributed by atoms with E-state index >= 15 is 0 Å². The predicted molar refractivity (Wildman–Crippen MR) is 140 cm³/mol. The van der Waals surface area contributed by atoms with Crippen molar-refractivity contribution in [3.63, 3.8) is 0 Å². The van der Waals surface area contributed by atoms with Gasteiger partial charge in [0.15, 0.2) is 0 Å². The molecule has 200 valence electrons. The Labute approximate surface area is 213 Å². The molecule has 0 aromatic carbocycles. The first-order valence-electron chi connectivity index (χ1n) is 14.5. The van der Waals surface area contributed by atoms with E-state index in [2.05, 4.69) is 34.3 Å². The summed E-state index contributed by atoms with van der Waals surface area (Å²) in [6.07, 6.45) is 11.2. The Morgan fingerprint density at radius 1 is 0.857 bits per heavy atom. The van der Waals surface area contributed by atoms with Crippen molar-refractivity contribution in [2.24, 2.45) is 56.7 Å². The van der Waals surface area contributed by atoms with E-state index in [1.165, 1.54) is 38.5 Å². The van der Waals surface area contributed by atoms with Crippen LogP contribution in [0.3, 0.4) is 0 Å². The molecule has 4 heteroatoms. The third-order valence-corrected chi connectivity index (χ3v) is 13.9. The van der Waals surface area contributed by atoms with Crippen LogP contribution in [0.25, 0.3) is 0 Å². The van der Waals surface area contributed by atoms with Gasteiger partial charge < -0.3 is 20.1 Å². The Hall–Kier alpha value is -0.420. The number of aliphatic hydroxyl groups is 3. The van der Waals surface area contributed by atoms with Crippen LogP contribution in [-0.4, -0.2) is 48.4 Å². The summed E-state index contributed by atoms with van der Waals surface area (Å²) in [6.45, 7) is 15.3. The summed E-state index contributed by atoms with van der Waals surface area (Å²) in [4.78, 5) is 0. The molecule has 4 nitrogen and oxygen atoms in total. The highest BCUT2D eigenvalue weighted by Crippen LogP contribution is 2.77. The van der Waals surface area contributed by atoms with Crippen LogP contribution in [0.2, 0.25) is 0 Å². The Morgan fingerprint density at radius 2 is 1.60 bits per heavy atom. The average molecular weight is 489 g/mol. The number of rotatable bonds is 5. The molecule has 5 fully saturated rings. The van der Waals surface area contributed by atoms with Gasteiger partial charge >= 0.3 is 0 Å². The van der Waals surface area contributed by atoms with Crippen LogP contribution >= 0.6 is 0 Å². The second-order valence-corrected chi connectivity index (χ2v) is 14.7. The Balaban J connectivity index is 1.54. The van der Waals surface area contributed by atoms with Gasteiger partial charge in [-0.1, -0.05) is 34.3 Å². The standard InChI is InChI=1S/C31H52O4/c1-20(17-32)21-9-14-31(19-35-6)16-15-29(4)22(26(21)31)7-8-24-27(2)12-11-25(34)28(3,18-33)23(27)10-13-30(24,29)5/h21-26,32-34H,1,7-19H2,2-6H3/t21?,22?,23-,24?,25+,26?,27+,28+,29-,30-,31-/m1/s1. The molecule has 3 N–H and O–H groups in total. The number of fused-ring (bicyclic) bond motifs is 7. The third-order valence-electron chi connectivity index (χ3n) is 13.9. The maximum Gasteiger partial charge on any atom is 0.0641 e. The molecular formula is C31H52O4. The van der Waals surface area contributed by atoms with Crippen molar-refractivity contribution in [3.05, 3.63) is 12.2 Å². The second kappa shape index (κ2) is 8.55. The van der Waals surface area contributed by atoms with Gasteiger partial charge in [-0.05, 0) is 121 Å². The van der Waals surface area contributed by atoms with Gasteiger partial charge in [-0.25, -0.2) is 0 Å². The first-order valence-corrected chi connectivity index (χ1v) is 14.5. The van der Waals surface area contributed by atoms with Crippen LogP contribution in [-0.2, 0) is 4.74 Å². The molecule has 4 unspecified atom stereocenters. The van der Waals surface area contributed by atoms with Crippen LogP contribution in [0, 0.1) is 56.7 Å². The summed E-state index contributed by atoms with van der Waals surface area (Å²) in [7, 11) is 1.86. The molecule has 5 aliphatic carbocycles. The Kier molecular flexibility index (Phi) is 6.40. The van der Waals surface area contributed by atoms with Gasteiger partial charge in [0.25, 0.3) is 0 Å². The average Bonchev–Trinajstić information content (AvgIpc) is 3.21. The molecular weight excluding hydrogens is 436 g/mol. The minimum atomic E-state index is -0.394. The van der Waals surface area contributed by atoms with Crippen molar-refractivity contribution in [2.75, 3.05) is 26.9 Å². The molecule has 0 spiro atoms. The fourth-order valence-electron chi connectivity index (χ4n) is 11.9. The predicted octanol–water partition coefficient (Wildman–Crippen LogP) is 5.60. The Bertz CT molecular complexity index is 842. The number of methoxy groups -OCH3 is 1. The van der Waals surface area contributed by atoms with Gasteiger partial charge in [0.1, 0.15) is 0 Å². The maximum absolute atomic E-state index is 11.0. The second-order valence-electron chi connectivity index (χ2n) is 14.7. The molecule has 0 amide bonds. The fraction of sp³-hybridized carbons (Fsp3) is 0.935. The van der Waals surface area contributed by atoms with Crippen molar-refractivity contribution >= 4 is 0 Å². The summed E-state index contributed by atoms with van der Waals surface area (Å²) in [5.74, 6) is 2.62. The minimum absolute atomic E-state index is 0.0876. The Morgan fingerprint density at radius 3 is 2.26 bits per heavy atom. The monoisotopic (exact) mass is 488 g/mol. The number of hydrogen-bond acceptors (Lipinski definition) is 4. The van der Waals surface area contributed by atoms with Gasteiger partial charge in [0.2, 0.25) is 0 Å². The number of hydrogen-bond donors (Lipinski definition) is 3. The van der Waals surface area contributed by atoms with E-state index in [1.54, 1.807) is 0 Å². The maximum atomic E-state index is 11.0. The molecule has 35 heavy (non-hydrogen) atoms. The molecule has 5 rings (SSSR count). The molecule has 11 atom stereocenters. The fourth-order valence-corrected chi connectivity index (χ4v) is 11.9. The molecule has 0 aromatic rings. The topological polar surface area (TPSA) is 69.9 Å². The van der Waals surface area contributed by atoms with Crippen molar-refractivity contribution in [3.8, 4) is 0 Å². The van der Waals surface area contributed by atoms with Gasteiger partial charge in [-0.15, -0.1) is 0 Å². The number of aliphatic hydroxyl groups excluding tert-OH is 3. The SMILES string of the molecule is C=C(CO)C1CC[C@]2(COC)CC[C@]3(C)C(CCC4[C@@]5(C)CC[C@H](O)[C@@](C)(CO)[C@@H]5CC[C@]43C)C12. The van der Waals surface area contributed by atoms with E-state index in [9.17, 15) is 15.3 Å². The largest absolute Gasteiger partial charge is 0.396 e. The lowest BCUT2D eigenvalue weighted by Crippen LogP contribution is -2.67. The molecule has 5 aliphatic rings. The molecule has 0 saturated heterocycles. The normalized spacial score (nSPS) is 55.4. The van der Waals surface area contributed by atoms with E-state index in [0.717, 1.165) is 37.9 Å². The highest BCUT2D eigenvalue weighted by atomic mass is 16.5. The zero-order chi connectivity index (χ0) is 25.4. The summed E-state index contributed by atoms with van der Waals surface area (Å²) < 4.78 is 5.88. The van der Waals surface area contributed by atoms with Crippen LogP contribution < -0.4 is 0 Å². The highest BCUT2D eigenvalue weighted by molar-refractivity contribution is 5.22. The lowest BCUT2D eigenvalue weighted by molar-refractivity contribution is -0.255. The van der Waals surface area contributed by atoms with Gasteiger partial charge in [-0.2, -0.15) is 0 Å². The van der Waals surface area contributed by atoms with Crippen LogP contribution in [0.1, 0.15) is 91.9 Å². The third kappa shape index (κ3) is 3.25. The van der Waals surface area contributed by atoms with Crippen LogP contribution in [0.15, 0.2) is 12.2 Å². The zero-order valence-electron chi connectivity index (χ0n) is 23.1. The summed E-state index contributed by atoms with van der Waals surface area (Å²) in [5.41, 5.74) is 1.57. The van der Waals surface area contributed by atoms with E-state index in [0.29, 0.717) is 29.6 Å². The van der Waals surface area contributed by atoms with E-state index < -0.39 is 6.10 Å². The van der Waals surface area contributed by atoms with Crippen molar-refractivity contribution in [1.29, 1.82) is 0 Å². The van der Waals surface area contributed by atoms with Crippen LogP contribution in [0.5, 0.6) is 0 Å². The van der Waals surface area contributed by atoms with Gasteiger partial charge in [-0.3, -0.25) is 0 Å². The molecule has 0 bridgehead atoms. The molecule has 0 radical (unpaired) electrons. The first kappa shape index (κ1) is 26.2. The quantitative estimate of drug-likeness (QED) is 0.441. The summed E-state index contributed by atoms with van der Waals surface area (Å²) >= 11 is 0. The van der Waals surface area contributed by atoms with E-state index in [4.69, 9.17) is 4.74 Å². The highest BCUT2D eigenvalue weighted by Gasteiger charge is 2.71. The first-order chi connectivity index (χ1) is 16.5. The molecule has 0 aromatic heterocycles. The molecule has 0 heterocycles. The van der Waals surface area contributed by atoms with Crippen molar-refractivity contribution < 1.29 is 20.1 Å². The smallest absolute Gasteiger partial charge is 0.0641 e. The van der Waals surface area contributed by atoms with Gasteiger partial charge in [0, 0.05) is 12.5 Å².